The monoisotopic (exact) mass is 1120 g/mol. The molecule has 0 spiro atoms. The van der Waals surface area contributed by atoms with Gasteiger partial charge in [-0.15, -0.1) is 0 Å². The zero-order chi connectivity index (χ0) is 61.6. The van der Waals surface area contributed by atoms with Gasteiger partial charge in [-0.3, -0.25) is 0 Å². The Morgan fingerprint density at radius 2 is 0.541 bits per heavy atom. The average molecular weight is 1120 g/mol. The summed E-state index contributed by atoms with van der Waals surface area (Å²) < 4.78 is 0. The van der Waals surface area contributed by atoms with E-state index in [4.69, 9.17) is 5.10 Å². The molecule has 3 nitrogen and oxygen atoms in total. The van der Waals surface area contributed by atoms with Crippen LogP contribution in [0.1, 0.15) is 189 Å². The van der Waals surface area contributed by atoms with Crippen LogP contribution in [0.3, 0.4) is 0 Å². The number of anilines is 1. The maximum absolute atomic E-state index is 5.49. The van der Waals surface area contributed by atoms with E-state index in [9.17, 15) is 0 Å². The fourth-order valence-corrected chi connectivity index (χ4v) is 11.7. The smallest absolute Gasteiger partial charge is 0.155 e. The summed E-state index contributed by atoms with van der Waals surface area (Å²) in [4.78, 5) is 0. The first-order valence-corrected chi connectivity index (χ1v) is 31.1. The minimum absolute atomic E-state index is 0.0521. The minimum Gasteiger partial charge on any atom is -0.343 e. The van der Waals surface area contributed by atoms with Gasteiger partial charge in [0.2, 0.25) is 0 Å². The van der Waals surface area contributed by atoms with E-state index >= 15 is 0 Å². The van der Waals surface area contributed by atoms with E-state index in [2.05, 4.69) is 335 Å². The summed E-state index contributed by atoms with van der Waals surface area (Å²) in [5.41, 5.74) is 25.9. The van der Waals surface area contributed by atoms with Gasteiger partial charge in [-0.05, 0) is 169 Å². The lowest BCUT2D eigenvalue weighted by Crippen LogP contribution is -2.30. The number of nitrogens with zero attached hydrogens (tertiary/aromatic N) is 2. The summed E-state index contributed by atoms with van der Waals surface area (Å²) in [6.07, 6.45) is -0.266. The molecule has 9 aromatic carbocycles. The van der Waals surface area contributed by atoms with Crippen LogP contribution in [0.5, 0.6) is 0 Å². The predicted octanol–water partition coefficient (Wildman–Crippen LogP) is 23.0. The van der Waals surface area contributed by atoms with Crippen molar-refractivity contribution in [2.24, 2.45) is 5.10 Å². The van der Waals surface area contributed by atoms with E-state index in [1.54, 1.807) is 0 Å². The first-order chi connectivity index (χ1) is 39.9. The number of rotatable bonds is 9. The molecule has 1 N–H and O–H groups in total. The third kappa shape index (κ3) is 13.7. The number of benzene rings is 9. The van der Waals surface area contributed by atoms with Crippen molar-refractivity contribution < 1.29 is 0 Å². The van der Waals surface area contributed by atoms with Crippen molar-refractivity contribution in [2.45, 2.75) is 177 Å². The highest BCUT2D eigenvalue weighted by Crippen LogP contribution is 2.43. The van der Waals surface area contributed by atoms with Gasteiger partial charge in [0, 0.05) is 5.56 Å². The number of hydrogen-bond donors (Lipinski definition) is 1. The van der Waals surface area contributed by atoms with Crippen molar-refractivity contribution in [1.29, 1.82) is 0 Å². The number of hydrogen-bond acceptors (Lipinski definition) is 3. The van der Waals surface area contributed by atoms with Crippen LogP contribution in [0.2, 0.25) is 0 Å². The van der Waals surface area contributed by atoms with Gasteiger partial charge in [0.05, 0.1) is 5.69 Å². The van der Waals surface area contributed by atoms with Crippen LogP contribution in [0.25, 0.3) is 66.8 Å². The van der Waals surface area contributed by atoms with E-state index in [0.29, 0.717) is 0 Å². The van der Waals surface area contributed by atoms with Crippen LogP contribution in [-0.4, -0.2) is 5.84 Å². The topological polar surface area (TPSA) is 27.6 Å². The molecule has 9 aromatic rings. The van der Waals surface area contributed by atoms with Crippen molar-refractivity contribution in [3.63, 3.8) is 0 Å². The van der Waals surface area contributed by atoms with E-state index in [1.165, 1.54) is 100 Å². The van der Waals surface area contributed by atoms with Crippen molar-refractivity contribution in [1.82, 2.24) is 5.32 Å². The van der Waals surface area contributed by atoms with Crippen LogP contribution in [0.4, 0.5) is 5.69 Å². The highest BCUT2D eigenvalue weighted by molar-refractivity contribution is 6.01. The minimum atomic E-state index is -0.266. The molecule has 0 amide bonds. The fraction of sp³-hybridized carbons (Fsp3) is 0.329. The molecule has 0 radical (unpaired) electrons. The third-order valence-corrected chi connectivity index (χ3v) is 16.9. The summed E-state index contributed by atoms with van der Waals surface area (Å²) in [5, 5.41) is 11.6. The second kappa shape index (κ2) is 23.6. The Bertz CT molecular complexity index is 3790. The Balaban J connectivity index is 0.00000428. The van der Waals surface area contributed by atoms with Gasteiger partial charge in [0.25, 0.3) is 0 Å². The average Bonchev–Trinajstić information content (AvgIpc) is 2.21. The van der Waals surface area contributed by atoms with Crippen LogP contribution in [0, 0.1) is 0 Å². The first-order valence-electron chi connectivity index (χ1n) is 31.1. The molecule has 1 aliphatic rings. The molecule has 0 saturated carbocycles. The Kier molecular flexibility index (Phi) is 17.2. The molecule has 1 atom stereocenters. The van der Waals surface area contributed by atoms with E-state index in [1.807, 2.05) is 13.8 Å². The zero-order valence-corrected chi connectivity index (χ0v) is 55.0. The molecule has 438 valence electrons. The number of amidine groups is 1. The normalized spacial score (nSPS) is 14.1. The summed E-state index contributed by atoms with van der Waals surface area (Å²) in [5.74, 6) is 0.832. The Morgan fingerprint density at radius 3 is 0.835 bits per heavy atom. The summed E-state index contributed by atoms with van der Waals surface area (Å²) in [6, 6.07) is 75.6. The van der Waals surface area contributed by atoms with Crippen LogP contribution in [-0.2, 0) is 32.5 Å². The lowest BCUT2D eigenvalue weighted by molar-refractivity contribution is 0.590. The molecule has 1 heterocycles. The van der Waals surface area contributed by atoms with Gasteiger partial charge in [-0.25, -0.2) is 5.01 Å². The van der Waals surface area contributed by atoms with Crippen LogP contribution >= 0.6 is 0 Å². The maximum atomic E-state index is 5.49. The number of hydrazone groups is 1. The maximum Gasteiger partial charge on any atom is 0.155 e. The first kappa shape index (κ1) is 61.8. The molecule has 0 aromatic heterocycles. The zero-order valence-electron chi connectivity index (χ0n) is 55.0. The van der Waals surface area contributed by atoms with E-state index < -0.39 is 0 Å². The lowest BCUT2D eigenvalue weighted by Gasteiger charge is -2.26. The fourth-order valence-electron chi connectivity index (χ4n) is 11.7. The second-order valence-corrected chi connectivity index (χ2v) is 29.6. The molecule has 3 heteroatoms. The van der Waals surface area contributed by atoms with Gasteiger partial charge < -0.3 is 5.32 Å². The van der Waals surface area contributed by atoms with E-state index in [-0.39, 0.29) is 38.7 Å². The summed E-state index contributed by atoms with van der Waals surface area (Å²) in [7, 11) is 0. The molecular formula is C82H95N3. The lowest BCUT2D eigenvalue weighted by atomic mass is 9.80. The molecule has 1 unspecified atom stereocenters. The molecule has 0 fully saturated rings. The Morgan fingerprint density at radius 1 is 0.282 bits per heavy atom. The van der Waals surface area contributed by atoms with Gasteiger partial charge >= 0.3 is 0 Å². The third-order valence-electron chi connectivity index (χ3n) is 16.9. The van der Waals surface area contributed by atoms with E-state index in [0.717, 1.165) is 22.6 Å². The summed E-state index contributed by atoms with van der Waals surface area (Å²) >= 11 is 0. The molecule has 85 heavy (non-hydrogen) atoms. The molecule has 0 saturated heterocycles. The van der Waals surface area contributed by atoms with Crippen LogP contribution in [0.15, 0.2) is 205 Å². The van der Waals surface area contributed by atoms with Gasteiger partial charge in [-0.2, -0.15) is 5.10 Å². The molecular weight excluding hydrogens is 1030 g/mol. The van der Waals surface area contributed by atoms with Gasteiger partial charge in [-0.1, -0.05) is 308 Å². The molecule has 0 aliphatic carbocycles. The highest BCUT2D eigenvalue weighted by atomic mass is 15.6. The van der Waals surface area contributed by atoms with Crippen molar-refractivity contribution in [3.8, 4) is 66.8 Å². The van der Waals surface area contributed by atoms with Gasteiger partial charge in [0.1, 0.15) is 6.17 Å². The Hall–Kier alpha value is -7.75. The largest absolute Gasteiger partial charge is 0.343 e. The summed E-state index contributed by atoms with van der Waals surface area (Å²) in [6.45, 7) is 45.3. The van der Waals surface area contributed by atoms with Crippen molar-refractivity contribution in [3.05, 3.63) is 245 Å². The molecule has 10 rings (SSSR count). The highest BCUT2D eigenvalue weighted by Gasteiger charge is 2.31. The second-order valence-electron chi connectivity index (χ2n) is 29.6. The predicted molar refractivity (Wildman–Crippen MR) is 370 cm³/mol. The number of nitrogens with one attached hydrogen (secondary N) is 1. The Labute approximate surface area is 512 Å². The standard InChI is InChI=1S/C80H89N3.C2H6/c1-75(2,3)63-38-27-52(28-39-63)60-35-46-70(78(10,11)12)67(49-60)55-19-23-58(24-20-55)73-81-74(59-25-21-56(22-26-59)68-50-61(36-47-71(68)79(13,14)15)53-29-40-64(41-30-53)76(4,5)6)83(82-73)66-44-33-57(34-45-66)69-51-62(37-48-72(69)80(16,17)18)54-31-42-65(43-32-54)77(7,8)9;1-2/h19-51,74H,1-18H3,(H,81,82);1-2H3. The van der Waals surface area contributed by atoms with Crippen LogP contribution < -0.4 is 10.3 Å². The molecule has 0 bridgehead atoms. The van der Waals surface area contributed by atoms with Crippen molar-refractivity contribution >= 4 is 11.5 Å². The van der Waals surface area contributed by atoms with Gasteiger partial charge in [0.15, 0.2) is 5.84 Å². The molecule has 1 aliphatic heterocycles. The SMILES string of the molecule is CC.CC(C)(C)c1ccc(-c2ccc(C(C)(C)C)c(-c3ccc(C4=NN(c5ccc(-c6cc(-c7ccc(C(C)(C)C)cc7)ccc6C(C)(C)C)cc5)C(c5ccc(-c6cc(-c7ccc(C(C)(C)C)cc7)ccc6C(C)(C)C)cc5)N4)cc3)c2)cc1. The van der Waals surface area contributed by atoms with Crippen molar-refractivity contribution in [2.75, 3.05) is 5.01 Å². The quantitative estimate of drug-likeness (QED) is 0.156.